The third kappa shape index (κ3) is 3.75. The van der Waals surface area contributed by atoms with Gasteiger partial charge < -0.3 is 14.7 Å². The van der Waals surface area contributed by atoms with E-state index in [1.54, 1.807) is 17.9 Å². The highest BCUT2D eigenvalue weighted by atomic mass is 35.5. The summed E-state index contributed by atoms with van der Waals surface area (Å²) in [4.78, 5) is 40.3. The van der Waals surface area contributed by atoms with Crippen molar-refractivity contribution in [1.29, 1.82) is 0 Å². The van der Waals surface area contributed by atoms with Gasteiger partial charge in [0.25, 0.3) is 0 Å². The lowest BCUT2D eigenvalue weighted by molar-refractivity contribution is -0.129. The first-order valence-electron chi connectivity index (χ1n) is 8.16. The molecule has 2 amide bonds. The van der Waals surface area contributed by atoms with Crippen molar-refractivity contribution < 1.29 is 14.4 Å². The van der Waals surface area contributed by atoms with Crippen molar-refractivity contribution in [2.24, 2.45) is 5.92 Å². The molecular weight excluding hydrogens is 365 g/mol. The molecule has 0 aliphatic carbocycles. The molecule has 3 rings (SSSR count). The minimum absolute atomic E-state index is 0.0806. The molecule has 2 heterocycles. The van der Waals surface area contributed by atoms with Gasteiger partial charge in [-0.05, 0) is 29.8 Å². The second kappa shape index (κ2) is 7.22. The number of carbonyl (C=O) groups is 3. The van der Waals surface area contributed by atoms with Gasteiger partial charge in [-0.1, -0.05) is 11.6 Å². The van der Waals surface area contributed by atoms with Crippen molar-refractivity contribution in [3.8, 4) is 0 Å². The maximum absolute atomic E-state index is 12.1. The molecule has 6 nitrogen and oxygen atoms in total. The zero-order valence-electron chi connectivity index (χ0n) is 13.9. The van der Waals surface area contributed by atoms with Gasteiger partial charge in [0.05, 0.1) is 16.6 Å². The third-order valence-electron chi connectivity index (χ3n) is 4.75. The summed E-state index contributed by atoms with van der Waals surface area (Å²) in [5, 5.41) is 0.0594. The molecule has 134 valence electrons. The van der Waals surface area contributed by atoms with Gasteiger partial charge in [-0.25, -0.2) is 0 Å². The van der Waals surface area contributed by atoms with Gasteiger partial charge >= 0.3 is 0 Å². The Bertz CT molecular complexity index is 717. The first-order chi connectivity index (χ1) is 11.9. The number of halogens is 2. The van der Waals surface area contributed by atoms with Crippen LogP contribution in [0.2, 0.25) is 5.02 Å². The van der Waals surface area contributed by atoms with Gasteiger partial charge in [-0.3, -0.25) is 14.4 Å². The van der Waals surface area contributed by atoms with Gasteiger partial charge in [0.15, 0.2) is 0 Å². The number of benzene rings is 1. The lowest BCUT2D eigenvalue weighted by atomic mass is 10.1. The Balaban J connectivity index is 1.73. The largest absolute Gasteiger partial charge is 0.367 e. The zero-order valence-corrected chi connectivity index (χ0v) is 15.4. The van der Waals surface area contributed by atoms with E-state index in [0.717, 1.165) is 5.69 Å². The summed E-state index contributed by atoms with van der Waals surface area (Å²) in [6.45, 7) is 4.61. The topological polar surface area (TPSA) is 60.9 Å². The van der Waals surface area contributed by atoms with Gasteiger partial charge in [-0.2, -0.15) is 0 Å². The van der Waals surface area contributed by atoms with Crippen molar-refractivity contribution in [3.05, 3.63) is 23.2 Å². The molecule has 2 fully saturated rings. The Morgan fingerprint density at radius 3 is 2.36 bits per heavy atom. The minimum Gasteiger partial charge on any atom is -0.367 e. The molecule has 2 saturated heterocycles. The second-order valence-corrected chi connectivity index (χ2v) is 7.12. The number of rotatable bonds is 3. The number of hydrogen-bond acceptors (Lipinski definition) is 4. The van der Waals surface area contributed by atoms with E-state index in [9.17, 15) is 14.4 Å². The normalized spacial score (nSPS) is 21.0. The van der Waals surface area contributed by atoms with Crippen molar-refractivity contribution in [3.63, 3.8) is 0 Å². The Kier molecular flexibility index (Phi) is 5.20. The Hall–Kier alpha value is -1.79. The molecule has 2 aliphatic heterocycles. The molecule has 1 aromatic carbocycles. The summed E-state index contributed by atoms with van der Waals surface area (Å²) in [5.41, 5.74) is 1.55. The Labute approximate surface area is 156 Å². The van der Waals surface area contributed by atoms with E-state index in [4.69, 9.17) is 23.2 Å². The average molecular weight is 384 g/mol. The van der Waals surface area contributed by atoms with Crippen LogP contribution in [0.25, 0.3) is 0 Å². The fraction of sp³-hybridized carbons (Fsp3) is 0.471. The van der Waals surface area contributed by atoms with Crippen LogP contribution in [-0.2, 0) is 14.4 Å². The Morgan fingerprint density at radius 1 is 1.16 bits per heavy atom. The summed E-state index contributed by atoms with van der Waals surface area (Å²) < 4.78 is 0. The van der Waals surface area contributed by atoms with Crippen LogP contribution in [0.1, 0.15) is 13.3 Å². The number of piperazine rings is 1. The van der Waals surface area contributed by atoms with Gasteiger partial charge in [0, 0.05) is 51.8 Å². The molecule has 0 aromatic heterocycles. The SMILES string of the molecule is CC(=O)N1CCN(c2ccc(N3C[C@H](C(=O)Cl)CC3=O)cc2Cl)CC1. The molecule has 0 N–H and O–H groups in total. The van der Waals surface area contributed by atoms with E-state index >= 15 is 0 Å². The molecule has 1 atom stereocenters. The van der Waals surface area contributed by atoms with Gasteiger partial charge in [-0.15, -0.1) is 0 Å². The summed E-state index contributed by atoms with van der Waals surface area (Å²) in [7, 11) is 0. The summed E-state index contributed by atoms with van der Waals surface area (Å²) >= 11 is 11.9. The third-order valence-corrected chi connectivity index (χ3v) is 5.37. The van der Waals surface area contributed by atoms with E-state index < -0.39 is 11.2 Å². The highest BCUT2D eigenvalue weighted by molar-refractivity contribution is 6.64. The second-order valence-electron chi connectivity index (χ2n) is 6.34. The number of carbonyl (C=O) groups excluding carboxylic acids is 3. The summed E-state index contributed by atoms with van der Waals surface area (Å²) in [5.74, 6) is -0.512. The highest BCUT2D eigenvalue weighted by Gasteiger charge is 2.34. The van der Waals surface area contributed by atoms with Crippen LogP contribution in [0.15, 0.2) is 18.2 Å². The van der Waals surface area contributed by atoms with Crippen molar-refractivity contribution in [2.45, 2.75) is 13.3 Å². The summed E-state index contributed by atoms with van der Waals surface area (Å²) in [6.07, 6.45) is 0.134. The first-order valence-corrected chi connectivity index (χ1v) is 8.92. The predicted molar refractivity (Wildman–Crippen MR) is 97.2 cm³/mol. The lowest BCUT2D eigenvalue weighted by Crippen LogP contribution is -2.48. The molecular formula is C17H19Cl2N3O3. The highest BCUT2D eigenvalue weighted by Crippen LogP contribution is 2.34. The van der Waals surface area contributed by atoms with E-state index in [1.807, 2.05) is 17.0 Å². The number of hydrogen-bond donors (Lipinski definition) is 0. The van der Waals surface area contributed by atoms with E-state index in [2.05, 4.69) is 4.90 Å². The molecule has 25 heavy (non-hydrogen) atoms. The number of nitrogens with zero attached hydrogens (tertiary/aromatic N) is 3. The van der Waals surface area contributed by atoms with Crippen molar-refractivity contribution >= 4 is 51.6 Å². The first kappa shape index (κ1) is 18.0. The average Bonchev–Trinajstić information content (AvgIpc) is 2.97. The fourth-order valence-corrected chi connectivity index (χ4v) is 3.73. The monoisotopic (exact) mass is 383 g/mol. The van der Waals surface area contributed by atoms with E-state index in [-0.39, 0.29) is 24.8 Å². The number of anilines is 2. The van der Waals surface area contributed by atoms with Crippen molar-refractivity contribution in [2.75, 3.05) is 42.5 Å². The van der Waals surface area contributed by atoms with Gasteiger partial charge in [0.2, 0.25) is 17.1 Å². The molecule has 8 heteroatoms. The summed E-state index contributed by atoms with van der Waals surface area (Å²) in [6, 6.07) is 5.45. The minimum atomic E-state index is -0.484. The van der Waals surface area contributed by atoms with Crippen LogP contribution in [0.3, 0.4) is 0 Å². The molecule has 0 radical (unpaired) electrons. The van der Waals surface area contributed by atoms with Crippen LogP contribution in [0.5, 0.6) is 0 Å². The quantitative estimate of drug-likeness (QED) is 0.750. The predicted octanol–water partition coefficient (Wildman–Crippen LogP) is 2.13. The van der Waals surface area contributed by atoms with Crippen LogP contribution >= 0.6 is 23.2 Å². The smallest absolute Gasteiger partial charge is 0.227 e. The maximum Gasteiger partial charge on any atom is 0.227 e. The van der Waals surface area contributed by atoms with Crippen LogP contribution in [0, 0.1) is 5.92 Å². The van der Waals surface area contributed by atoms with E-state index in [1.165, 1.54) is 0 Å². The van der Waals surface area contributed by atoms with Crippen LogP contribution < -0.4 is 9.80 Å². The standard InChI is InChI=1S/C17H19Cl2N3O3/c1-11(23)20-4-6-21(7-5-20)15-3-2-13(9-14(15)18)22-10-12(17(19)25)8-16(22)24/h2-3,9,12H,4-8,10H2,1H3/t12-/m1/s1. The zero-order chi connectivity index (χ0) is 18.1. The lowest BCUT2D eigenvalue weighted by Gasteiger charge is -2.36. The molecule has 0 saturated carbocycles. The van der Waals surface area contributed by atoms with Gasteiger partial charge in [0.1, 0.15) is 0 Å². The van der Waals surface area contributed by atoms with Crippen molar-refractivity contribution in [1.82, 2.24) is 4.90 Å². The van der Waals surface area contributed by atoms with E-state index in [0.29, 0.717) is 36.9 Å². The molecule has 0 spiro atoms. The Morgan fingerprint density at radius 2 is 1.84 bits per heavy atom. The molecule has 0 unspecified atom stereocenters. The fourth-order valence-electron chi connectivity index (χ4n) is 3.29. The molecule has 1 aromatic rings. The van der Waals surface area contributed by atoms with Crippen LogP contribution in [0.4, 0.5) is 11.4 Å². The number of amides is 2. The maximum atomic E-state index is 12.1. The van der Waals surface area contributed by atoms with Crippen LogP contribution in [-0.4, -0.2) is 54.7 Å². The molecule has 0 bridgehead atoms. The molecule has 2 aliphatic rings.